The molecule has 0 radical (unpaired) electrons. The van der Waals surface area contributed by atoms with Crippen LogP contribution >= 0.6 is 0 Å². The molecule has 0 saturated carbocycles. The van der Waals surface area contributed by atoms with Crippen LogP contribution in [0.3, 0.4) is 0 Å². The van der Waals surface area contributed by atoms with Crippen LogP contribution < -0.4 is 16.4 Å². The molecule has 0 aliphatic rings. The third-order valence-corrected chi connectivity index (χ3v) is 2.31. The van der Waals surface area contributed by atoms with Crippen molar-refractivity contribution >= 4 is 23.6 Å². The van der Waals surface area contributed by atoms with Crippen molar-refractivity contribution in [2.75, 3.05) is 5.32 Å². The largest absolute Gasteiger partial charge is 0.478 e. The van der Waals surface area contributed by atoms with E-state index in [9.17, 15) is 23.2 Å². The zero-order chi connectivity index (χ0) is 15.4. The number of primary amides is 1. The molecule has 0 aliphatic carbocycles. The van der Waals surface area contributed by atoms with Crippen molar-refractivity contribution in [1.29, 1.82) is 0 Å². The molecule has 0 heterocycles. The highest BCUT2D eigenvalue weighted by atomic mass is 19.1. The monoisotopic (exact) mass is 287 g/mol. The summed E-state index contributed by atoms with van der Waals surface area (Å²) in [5, 5.41) is 12.7. The number of nitrogens with two attached hydrogens (primary N) is 1. The van der Waals surface area contributed by atoms with Crippen LogP contribution in [0.5, 0.6) is 0 Å². The topological polar surface area (TPSA) is 122 Å². The van der Waals surface area contributed by atoms with Gasteiger partial charge in [0.2, 0.25) is 5.91 Å². The van der Waals surface area contributed by atoms with E-state index in [2.05, 4.69) is 5.32 Å². The molecule has 1 unspecified atom stereocenters. The number of carbonyl (C=O) groups excluding carboxylic acids is 2. The Morgan fingerprint density at radius 2 is 1.85 bits per heavy atom. The highest BCUT2D eigenvalue weighted by Crippen LogP contribution is 2.19. The molecule has 0 aromatic heterocycles. The van der Waals surface area contributed by atoms with E-state index >= 15 is 0 Å². The number of amides is 3. The lowest BCUT2D eigenvalue weighted by atomic mass is 10.2. The maximum Gasteiger partial charge on any atom is 0.338 e. The zero-order valence-electron chi connectivity index (χ0n) is 10.2. The number of anilines is 1. The molecule has 0 aliphatic heterocycles. The summed E-state index contributed by atoms with van der Waals surface area (Å²) in [6.45, 7) is 1.30. The lowest BCUT2D eigenvalue weighted by Crippen LogP contribution is -2.44. The first kappa shape index (κ1) is 15.3. The van der Waals surface area contributed by atoms with Crippen molar-refractivity contribution in [3.05, 3.63) is 29.3 Å². The number of hydrogen-bond acceptors (Lipinski definition) is 3. The number of urea groups is 1. The van der Waals surface area contributed by atoms with Gasteiger partial charge in [-0.2, -0.15) is 0 Å². The van der Waals surface area contributed by atoms with Gasteiger partial charge in [0.05, 0.1) is 11.3 Å². The maximum absolute atomic E-state index is 13.4. The molecule has 9 heteroatoms. The third-order valence-electron chi connectivity index (χ3n) is 2.31. The summed E-state index contributed by atoms with van der Waals surface area (Å²) in [5.41, 5.74) is 3.56. The molecule has 0 spiro atoms. The van der Waals surface area contributed by atoms with E-state index in [4.69, 9.17) is 10.8 Å². The Balaban J connectivity index is 2.92. The summed E-state index contributed by atoms with van der Waals surface area (Å²) in [7, 11) is 0. The Hall–Kier alpha value is -2.71. The standard InChI is InChI=1S/C11H11F2N3O4/c1-4(9(14)17)15-11(20)16-8-2-5(10(18)19)6(12)3-7(8)13/h2-4H,1H3,(H2,14,17)(H,18,19)(H2,15,16,20). The first-order chi connectivity index (χ1) is 9.22. The minimum Gasteiger partial charge on any atom is -0.478 e. The van der Waals surface area contributed by atoms with Crippen LogP contribution in [0.25, 0.3) is 0 Å². The molecule has 1 aromatic carbocycles. The van der Waals surface area contributed by atoms with Gasteiger partial charge in [-0.1, -0.05) is 0 Å². The van der Waals surface area contributed by atoms with E-state index < -0.39 is 46.8 Å². The predicted octanol–water partition coefficient (Wildman–Crippen LogP) is 0.658. The molecule has 5 N–H and O–H groups in total. The Kier molecular flexibility index (Phi) is 4.57. The van der Waals surface area contributed by atoms with E-state index in [1.807, 2.05) is 5.32 Å². The molecule has 1 atom stereocenters. The molecule has 1 aromatic rings. The first-order valence-electron chi connectivity index (χ1n) is 5.31. The van der Waals surface area contributed by atoms with E-state index in [1.165, 1.54) is 6.92 Å². The molecule has 7 nitrogen and oxygen atoms in total. The van der Waals surface area contributed by atoms with Crippen molar-refractivity contribution in [2.45, 2.75) is 13.0 Å². The lowest BCUT2D eigenvalue weighted by molar-refractivity contribution is -0.119. The van der Waals surface area contributed by atoms with E-state index in [0.29, 0.717) is 12.1 Å². The average molecular weight is 287 g/mol. The molecule has 0 saturated heterocycles. The van der Waals surface area contributed by atoms with Crippen LogP contribution in [-0.2, 0) is 4.79 Å². The first-order valence-corrected chi connectivity index (χ1v) is 5.31. The molecular formula is C11H11F2N3O4. The second kappa shape index (κ2) is 5.95. The summed E-state index contributed by atoms with van der Waals surface area (Å²) in [4.78, 5) is 32.8. The van der Waals surface area contributed by atoms with Gasteiger partial charge in [-0.05, 0) is 13.0 Å². The molecule has 20 heavy (non-hydrogen) atoms. The summed E-state index contributed by atoms with van der Waals surface area (Å²) >= 11 is 0. The third kappa shape index (κ3) is 3.64. The number of carbonyl (C=O) groups is 3. The number of rotatable bonds is 4. The molecule has 1 rings (SSSR count). The summed E-state index contributed by atoms with van der Waals surface area (Å²) in [5.74, 6) is -4.86. The molecule has 108 valence electrons. The number of hydrogen-bond donors (Lipinski definition) is 4. The Labute approximate surface area is 111 Å². The SMILES string of the molecule is CC(NC(=O)Nc1cc(C(=O)O)c(F)cc1F)C(N)=O. The Morgan fingerprint density at radius 1 is 1.25 bits per heavy atom. The van der Waals surface area contributed by atoms with Crippen LogP contribution in [0.4, 0.5) is 19.3 Å². The quantitative estimate of drug-likeness (QED) is 0.649. The Bertz CT molecular complexity index is 577. The molecular weight excluding hydrogens is 276 g/mol. The number of benzene rings is 1. The minimum absolute atomic E-state index is 0.330. The fourth-order valence-corrected chi connectivity index (χ4v) is 1.23. The number of carboxylic acid groups (broad SMARTS) is 1. The lowest BCUT2D eigenvalue weighted by Gasteiger charge is -2.12. The molecule has 3 amide bonds. The molecule has 0 fully saturated rings. The van der Waals surface area contributed by atoms with Gasteiger partial charge in [-0.25, -0.2) is 18.4 Å². The van der Waals surface area contributed by atoms with Crippen LogP contribution in [0, 0.1) is 11.6 Å². The molecule has 0 bridgehead atoms. The van der Waals surface area contributed by atoms with E-state index in [-0.39, 0.29) is 0 Å². The van der Waals surface area contributed by atoms with Crippen molar-refractivity contribution < 1.29 is 28.3 Å². The van der Waals surface area contributed by atoms with Gasteiger partial charge in [0.15, 0.2) is 0 Å². The van der Waals surface area contributed by atoms with Gasteiger partial charge in [0, 0.05) is 6.07 Å². The fourth-order valence-electron chi connectivity index (χ4n) is 1.23. The number of nitrogens with one attached hydrogen (secondary N) is 2. The highest BCUT2D eigenvalue weighted by Gasteiger charge is 2.18. The highest BCUT2D eigenvalue weighted by molar-refractivity contribution is 5.95. The van der Waals surface area contributed by atoms with Crippen LogP contribution in [0.1, 0.15) is 17.3 Å². The van der Waals surface area contributed by atoms with Crippen LogP contribution in [0.2, 0.25) is 0 Å². The van der Waals surface area contributed by atoms with Gasteiger partial charge >= 0.3 is 12.0 Å². The van der Waals surface area contributed by atoms with Gasteiger partial charge in [-0.3, -0.25) is 4.79 Å². The van der Waals surface area contributed by atoms with Crippen LogP contribution in [0.15, 0.2) is 12.1 Å². The second-order valence-corrected chi connectivity index (χ2v) is 3.84. The van der Waals surface area contributed by atoms with Crippen LogP contribution in [-0.4, -0.2) is 29.1 Å². The number of halogens is 2. The van der Waals surface area contributed by atoms with E-state index in [1.54, 1.807) is 0 Å². The van der Waals surface area contributed by atoms with Crippen molar-refractivity contribution in [1.82, 2.24) is 5.32 Å². The predicted molar refractivity (Wildman–Crippen MR) is 64.1 cm³/mol. The Morgan fingerprint density at radius 3 is 2.35 bits per heavy atom. The van der Waals surface area contributed by atoms with Gasteiger partial charge in [0.1, 0.15) is 17.7 Å². The maximum atomic E-state index is 13.4. The van der Waals surface area contributed by atoms with Gasteiger partial charge in [0.25, 0.3) is 0 Å². The number of carboxylic acids is 1. The fraction of sp³-hybridized carbons (Fsp3) is 0.182. The summed E-state index contributed by atoms with van der Waals surface area (Å²) in [6, 6.07) is -1.05. The van der Waals surface area contributed by atoms with Gasteiger partial charge < -0.3 is 21.5 Å². The summed E-state index contributed by atoms with van der Waals surface area (Å²) < 4.78 is 26.5. The number of aromatic carboxylic acids is 1. The summed E-state index contributed by atoms with van der Waals surface area (Å²) in [6.07, 6.45) is 0. The van der Waals surface area contributed by atoms with Crippen molar-refractivity contribution in [3.8, 4) is 0 Å². The van der Waals surface area contributed by atoms with Crippen molar-refractivity contribution in [3.63, 3.8) is 0 Å². The van der Waals surface area contributed by atoms with Gasteiger partial charge in [-0.15, -0.1) is 0 Å². The normalized spacial score (nSPS) is 11.6. The van der Waals surface area contributed by atoms with Crippen molar-refractivity contribution in [2.24, 2.45) is 5.73 Å². The second-order valence-electron chi connectivity index (χ2n) is 3.84. The minimum atomic E-state index is -1.61. The smallest absolute Gasteiger partial charge is 0.338 e. The van der Waals surface area contributed by atoms with E-state index in [0.717, 1.165) is 0 Å². The zero-order valence-corrected chi connectivity index (χ0v) is 10.2. The average Bonchev–Trinajstić information content (AvgIpc) is 2.31.